The average Bonchev–Trinajstić information content (AvgIpc) is 3.16. The second-order valence-corrected chi connectivity index (χ2v) is 6.66. The summed E-state index contributed by atoms with van der Waals surface area (Å²) in [5.74, 6) is 0. The van der Waals surface area contributed by atoms with Gasteiger partial charge in [0.05, 0.1) is 11.0 Å². The van der Waals surface area contributed by atoms with Crippen LogP contribution in [-0.2, 0) is 0 Å². The van der Waals surface area contributed by atoms with Crippen molar-refractivity contribution in [1.29, 1.82) is 0 Å². The summed E-state index contributed by atoms with van der Waals surface area (Å²) in [6.07, 6.45) is 2.04. The maximum absolute atomic E-state index is 11.1. The van der Waals surface area contributed by atoms with E-state index in [0.29, 0.717) is 0 Å². The zero-order chi connectivity index (χ0) is 19.5. The Morgan fingerprint density at radius 3 is 2.32 bits per heavy atom. The highest BCUT2D eigenvalue weighted by Gasteiger charge is 2.25. The number of nitrogens with zero attached hydrogens (tertiary/aromatic N) is 2. The third-order valence-corrected chi connectivity index (χ3v) is 5.08. The van der Waals surface area contributed by atoms with E-state index in [9.17, 15) is 10.1 Å². The molecule has 0 amide bonds. The van der Waals surface area contributed by atoms with Crippen molar-refractivity contribution in [3.8, 4) is 0 Å². The van der Waals surface area contributed by atoms with Crippen LogP contribution in [0.25, 0.3) is 10.9 Å². The minimum atomic E-state index is -0.362. The molecular weight excluding hydrogens is 350 g/mol. The number of non-ortho nitro benzene ring substituents is 1. The fraction of sp³-hybridized carbons (Fsp3) is 0.130. The zero-order valence-corrected chi connectivity index (χ0v) is 15.6. The monoisotopic (exact) mass is 371 g/mol. The molecule has 0 aliphatic rings. The summed E-state index contributed by atoms with van der Waals surface area (Å²) in [5, 5.41) is 12.2. The highest BCUT2D eigenvalue weighted by molar-refractivity contribution is 5.84. The van der Waals surface area contributed by atoms with Gasteiger partial charge < -0.3 is 9.88 Å². The first-order chi connectivity index (χ1) is 13.7. The van der Waals surface area contributed by atoms with Crippen molar-refractivity contribution in [2.24, 2.45) is 0 Å². The van der Waals surface area contributed by atoms with Gasteiger partial charge in [-0.1, -0.05) is 36.4 Å². The molecule has 28 heavy (non-hydrogen) atoms. The predicted octanol–water partition coefficient (Wildman–Crippen LogP) is 5.69. The fourth-order valence-electron chi connectivity index (χ4n) is 3.76. The lowest BCUT2D eigenvalue weighted by molar-refractivity contribution is -0.384. The highest BCUT2D eigenvalue weighted by atomic mass is 16.6. The molecule has 0 bridgehead atoms. The number of nitro groups is 1. The van der Waals surface area contributed by atoms with Crippen molar-refractivity contribution in [1.82, 2.24) is 4.98 Å². The molecule has 0 spiro atoms. The van der Waals surface area contributed by atoms with E-state index in [1.165, 1.54) is 0 Å². The Labute approximate surface area is 163 Å². The molecule has 1 unspecified atom stereocenters. The molecule has 1 N–H and O–H groups in total. The van der Waals surface area contributed by atoms with Gasteiger partial charge in [-0.25, -0.2) is 0 Å². The van der Waals surface area contributed by atoms with Gasteiger partial charge in [0.25, 0.3) is 5.69 Å². The van der Waals surface area contributed by atoms with E-state index in [0.717, 1.165) is 34.3 Å². The molecule has 1 heterocycles. The lowest BCUT2D eigenvalue weighted by atomic mass is 9.95. The number of fused-ring (bicyclic) bond motifs is 1. The van der Waals surface area contributed by atoms with Crippen LogP contribution in [0.1, 0.15) is 24.1 Å². The number of aromatic amines is 1. The van der Waals surface area contributed by atoms with Crippen LogP contribution in [0.15, 0.2) is 85.1 Å². The summed E-state index contributed by atoms with van der Waals surface area (Å²) in [4.78, 5) is 16.4. The number of nitro benzene ring substituents is 1. The number of rotatable bonds is 6. The van der Waals surface area contributed by atoms with Crippen LogP contribution in [0.2, 0.25) is 0 Å². The molecule has 0 radical (unpaired) electrons. The van der Waals surface area contributed by atoms with Crippen molar-refractivity contribution in [2.45, 2.75) is 13.0 Å². The van der Waals surface area contributed by atoms with E-state index < -0.39 is 0 Å². The molecule has 1 aromatic heterocycles. The van der Waals surface area contributed by atoms with E-state index >= 15 is 0 Å². The van der Waals surface area contributed by atoms with E-state index in [1.807, 2.05) is 48.7 Å². The summed E-state index contributed by atoms with van der Waals surface area (Å²) < 4.78 is 0. The Morgan fingerprint density at radius 1 is 0.964 bits per heavy atom. The van der Waals surface area contributed by atoms with Gasteiger partial charge in [-0.05, 0) is 42.8 Å². The van der Waals surface area contributed by atoms with Crippen LogP contribution in [-0.4, -0.2) is 16.5 Å². The predicted molar refractivity (Wildman–Crippen MR) is 113 cm³/mol. The Hall–Kier alpha value is -3.60. The number of anilines is 1. The molecular formula is C23H21N3O2. The first-order valence-corrected chi connectivity index (χ1v) is 9.31. The number of aromatic nitrogens is 1. The van der Waals surface area contributed by atoms with Gasteiger partial charge in [0.15, 0.2) is 0 Å². The smallest absolute Gasteiger partial charge is 0.269 e. The van der Waals surface area contributed by atoms with Crippen LogP contribution in [0, 0.1) is 10.1 Å². The maximum atomic E-state index is 11.1. The van der Waals surface area contributed by atoms with Crippen LogP contribution in [0.5, 0.6) is 0 Å². The third kappa shape index (κ3) is 3.22. The number of hydrogen-bond donors (Lipinski definition) is 1. The van der Waals surface area contributed by atoms with Crippen LogP contribution >= 0.6 is 0 Å². The summed E-state index contributed by atoms with van der Waals surface area (Å²) in [6, 6.07) is 25.3. The molecule has 3 aromatic carbocycles. The number of hydrogen-bond acceptors (Lipinski definition) is 3. The molecule has 5 heteroatoms. The fourth-order valence-corrected chi connectivity index (χ4v) is 3.76. The molecule has 140 valence electrons. The number of para-hydroxylation sites is 2. The second kappa shape index (κ2) is 7.56. The van der Waals surface area contributed by atoms with Crippen molar-refractivity contribution < 1.29 is 4.92 Å². The van der Waals surface area contributed by atoms with Crippen LogP contribution in [0.3, 0.4) is 0 Å². The summed E-state index contributed by atoms with van der Waals surface area (Å²) in [6.45, 7) is 2.92. The lowest BCUT2D eigenvalue weighted by Gasteiger charge is -2.33. The van der Waals surface area contributed by atoms with Crippen molar-refractivity contribution in [3.63, 3.8) is 0 Å². The zero-order valence-electron chi connectivity index (χ0n) is 15.6. The first-order valence-electron chi connectivity index (χ1n) is 9.31. The molecule has 0 fully saturated rings. The SMILES string of the molecule is CCN(c1ccccc1)C(c1ccc([N+](=O)[O-])cc1)c1c[nH]c2ccccc12. The van der Waals surface area contributed by atoms with Gasteiger partial charge in [-0.15, -0.1) is 0 Å². The van der Waals surface area contributed by atoms with E-state index in [-0.39, 0.29) is 16.7 Å². The topological polar surface area (TPSA) is 62.2 Å². The van der Waals surface area contributed by atoms with Gasteiger partial charge >= 0.3 is 0 Å². The largest absolute Gasteiger partial charge is 0.361 e. The van der Waals surface area contributed by atoms with Crippen molar-refractivity contribution in [3.05, 3.63) is 106 Å². The molecule has 0 aliphatic carbocycles. The van der Waals surface area contributed by atoms with Gasteiger partial charge in [0.2, 0.25) is 0 Å². The Bertz CT molecular complexity index is 1090. The summed E-state index contributed by atoms with van der Waals surface area (Å²) >= 11 is 0. The van der Waals surface area contributed by atoms with E-state index in [1.54, 1.807) is 12.1 Å². The average molecular weight is 371 g/mol. The van der Waals surface area contributed by atoms with Gasteiger partial charge in [0, 0.05) is 47.0 Å². The minimum Gasteiger partial charge on any atom is -0.361 e. The quantitative estimate of drug-likeness (QED) is 0.350. The normalized spacial score (nSPS) is 12.0. The maximum Gasteiger partial charge on any atom is 0.269 e. The number of H-pyrrole nitrogens is 1. The van der Waals surface area contributed by atoms with Crippen molar-refractivity contribution in [2.75, 3.05) is 11.4 Å². The van der Waals surface area contributed by atoms with Gasteiger partial charge in [-0.2, -0.15) is 0 Å². The van der Waals surface area contributed by atoms with Crippen LogP contribution in [0.4, 0.5) is 11.4 Å². The third-order valence-electron chi connectivity index (χ3n) is 5.08. The molecule has 0 aliphatic heterocycles. The molecule has 5 nitrogen and oxygen atoms in total. The molecule has 0 saturated carbocycles. The number of benzene rings is 3. The summed E-state index contributed by atoms with van der Waals surface area (Å²) in [7, 11) is 0. The summed E-state index contributed by atoms with van der Waals surface area (Å²) in [5.41, 5.74) is 4.45. The van der Waals surface area contributed by atoms with Gasteiger partial charge in [0.1, 0.15) is 0 Å². The Balaban J connectivity index is 1.88. The standard InChI is InChI=1S/C23H21N3O2/c1-2-25(18-8-4-3-5-9-18)23(17-12-14-19(15-13-17)26(27)28)21-16-24-22-11-7-6-10-20(21)22/h3-16,23-24H,2H2,1H3. The molecule has 4 rings (SSSR count). The van der Waals surface area contributed by atoms with E-state index in [2.05, 4.69) is 41.1 Å². The van der Waals surface area contributed by atoms with Crippen molar-refractivity contribution >= 4 is 22.3 Å². The first kappa shape index (κ1) is 17.8. The second-order valence-electron chi connectivity index (χ2n) is 6.66. The molecule has 1 atom stereocenters. The minimum absolute atomic E-state index is 0.0654. The lowest BCUT2D eigenvalue weighted by Crippen LogP contribution is -2.29. The highest BCUT2D eigenvalue weighted by Crippen LogP contribution is 2.37. The van der Waals surface area contributed by atoms with Crippen LogP contribution < -0.4 is 4.90 Å². The molecule has 4 aromatic rings. The Kier molecular flexibility index (Phi) is 4.81. The Morgan fingerprint density at radius 2 is 1.64 bits per heavy atom. The van der Waals surface area contributed by atoms with Gasteiger partial charge in [-0.3, -0.25) is 10.1 Å². The number of nitrogens with one attached hydrogen (secondary N) is 1. The van der Waals surface area contributed by atoms with E-state index in [4.69, 9.17) is 0 Å². The molecule has 0 saturated heterocycles.